The summed E-state index contributed by atoms with van der Waals surface area (Å²) < 4.78 is 1.98. The van der Waals surface area contributed by atoms with Crippen LogP contribution in [0.2, 0.25) is 5.02 Å². The highest BCUT2D eigenvalue weighted by Gasteiger charge is 2.11. The fourth-order valence-corrected chi connectivity index (χ4v) is 2.14. The first-order chi connectivity index (χ1) is 9.25. The van der Waals surface area contributed by atoms with Gasteiger partial charge >= 0.3 is 0 Å². The molecule has 3 rings (SSSR count). The Hall–Kier alpha value is -2.13. The van der Waals surface area contributed by atoms with E-state index in [0.29, 0.717) is 5.02 Å². The Labute approximate surface area is 116 Å². The molecule has 0 spiro atoms. The maximum Gasteiger partial charge on any atom is 0.163 e. The van der Waals surface area contributed by atoms with E-state index in [9.17, 15) is 0 Å². The second-order valence-corrected chi connectivity index (χ2v) is 4.72. The molecule has 1 heterocycles. The van der Waals surface area contributed by atoms with E-state index >= 15 is 0 Å². The summed E-state index contributed by atoms with van der Waals surface area (Å²) >= 11 is 5.90. The van der Waals surface area contributed by atoms with Crippen molar-refractivity contribution in [1.82, 2.24) is 14.8 Å². The van der Waals surface area contributed by atoms with E-state index in [1.165, 1.54) is 0 Å². The summed E-state index contributed by atoms with van der Waals surface area (Å²) in [6.07, 6.45) is 0. The van der Waals surface area contributed by atoms with Crippen LogP contribution in [0.4, 0.5) is 0 Å². The molecule has 1 aromatic heterocycles. The number of aromatic nitrogens is 3. The topological polar surface area (TPSA) is 30.7 Å². The molecule has 0 radical (unpaired) electrons. The Balaban J connectivity index is 2.06. The van der Waals surface area contributed by atoms with Gasteiger partial charge in [-0.2, -0.15) is 0 Å². The highest BCUT2D eigenvalue weighted by Crippen LogP contribution is 2.24. The molecule has 0 aliphatic heterocycles. The van der Waals surface area contributed by atoms with Gasteiger partial charge in [-0.3, -0.25) is 0 Å². The van der Waals surface area contributed by atoms with Crippen LogP contribution in [0.25, 0.3) is 22.8 Å². The second-order valence-electron chi connectivity index (χ2n) is 4.28. The third-order valence-electron chi connectivity index (χ3n) is 3.01. The lowest BCUT2D eigenvalue weighted by Crippen LogP contribution is -1.95. The minimum Gasteiger partial charge on any atom is -0.310 e. The van der Waals surface area contributed by atoms with Crippen molar-refractivity contribution < 1.29 is 0 Å². The first-order valence-electron chi connectivity index (χ1n) is 5.96. The highest BCUT2D eigenvalue weighted by atomic mass is 35.5. The SMILES string of the molecule is Cn1c(-c2ccccc2)nnc1-c1ccc(Cl)cc1. The number of halogens is 1. The average Bonchev–Trinajstić information content (AvgIpc) is 2.83. The molecule has 0 amide bonds. The summed E-state index contributed by atoms with van der Waals surface area (Å²) in [6, 6.07) is 17.6. The van der Waals surface area contributed by atoms with E-state index < -0.39 is 0 Å². The third kappa shape index (κ3) is 2.25. The van der Waals surface area contributed by atoms with E-state index in [1.54, 1.807) is 0 Å². The average molecular weight is 270 g/mol. The molecule has 4 heteroatoms. The molecule has 0 unspecified atom stereocenters. The van der Waals surface area contributed by atoms with Crippen molar-refractivity contribution >= 4 is 11.6 Å². The van der Waals surface area contributed by atoms with E-state index in [-0.39, 0.29) is 0 Å². The van der Waals surface area contributed by atoms with Crippen LogP contribution in [0.1, 0.15) is 0 Å². The lowest BCUT2D eigenvalue weighted by Gasteiger charge is -2.04. The molecule has 0 aliphatic rings. The number of benzene rings is 2. The molecule has 19 heavy (non-hydrogen) atoms. The molecule has 0 N–H and O–H groups in total. The smallest absolute Gasteiger partial charge is 0.163 e. The summed E-state index contributed by atoms with van der Waals surface area (Å²) in [5, 5.41) is 9.24. The van der Waals surface area contributed by atoms with Crippen molar-refractivity contribution in [2.45, 2.75) is 0 Å². The zero-order valence-electron chi connectivity index (χ0n) is 10.4. The van der Waals surface area contributed by atoms with Gasteiger partial charge in [0.05, 0.1) is 0 Å². The Morgan fingerprint density at radius 2 is 1.32 bits per heavy atom. The summed E-state index contributed by atoms with van der Waals surface area (Å²) in [7, 11) is 1.96. The minimum atomic E-state index is 0.717. The van der Waals surface area contributed by atoms with Crippen LogP contribution < -0.4 is 0 Å². The molecule has 0 fully saturated rings. The quantitative estimate of drug-likeness (QED) is 0.708. The molecule has 0 bridgehead atoms. The number of hydrogen-bond donors (Lipinski definition) is 0. The molecule has 2 aromatic carbocycles. The van der Waals surface area contributed by atoms with Gasteiger partial charge in [0.1, 0.15) is 0 Å². The van der Waals surface area contributed by atoms with Crippen LogP contribution in [0.5, 0.6) is 0 Å². The largest absolute Gasteiger partial charge is 0.310 e. The Bertz CT molecular complexity index is 687. The van der Waals surface area contributed by atoms with Crippen LogP contribution >= 0.6 is 11.6 Å². The van der Waals surface area contributed by atoms with Crippen molar-refractivity contribution in [2.75, 3.05) is 0 Å². The van der Waals surface area contributed by atoms with E-state index in [4.69, 9.17) is 11.6 Å². The number of hydrogen-bond acceptors (Lipinski definition) is 2. The highest BCUT2D eigenvalue weighted by molar-refractivity contribution is 6.30. The van der Waals surface area contributed by atoms with Gasteiger partial charge in [0.15, 0.2) is 11.6 Å². The van der Waals surface area contributed by atoms with Crippen molar-refractivity contribution in [1.29, 1.82) is 0 Å². The van der Waals surface area contributed by atoms with Gasteiger partial charge in [0.25, 0.3) is 0 Å². The van der Waals surface area contributed by atoms with Crippen LogP contribution in [0, 0.1) is 0 Å². The summed E-state index contributed by atoms with van der Waals surface area (Å²) in [5.41, 5.74) is 2.05. The lowest BCUT2D eigenvalue weighted by atomic mass is 10.2. The van der Waals surface area contributed by atoms with Gasteiger partial charge in [-0.05, 0) is 24.3 Å². The molecular weight excluding hydrogens is 258 g/mol. The molecule has 0 atom stereocenters. The van der Waals surface area contributed by atoms with Crippen molar-refractivity contribution in [2.24, 2.45) is 7.05 Å². The van der Waals surface area contributed by atoms with Crippen LogP contribution in [0.15, 0.2) is 54.6 Å². The summed E-state index contributed by atoms with van der Waals surface area (Å²) in [4.78, 5) is 0. The molecule has 94 valence electrons. The second kappa shape index (κ2) is 4.86. The van der Waals surface area contributed by atoms with Crippen LogP contribution in [-0.2, 0) is 7.05 Å². The molecule has 3 nitrogen and oxygen atoms in total. The maximum absolute atomic E-state index is 5.90. The standard InChI is InChI=1S/C15H12ClN3/c1-19-14(11-5-3-2-4-6-11)17-18-15(19)12-7-9-13(16)10-8-12/h2-10H,1H3. The van der Waals surface area contributed by atoms with Crippen LogP contribution in [-0.4, -0.2) is 14.8 Å². The Kier molecular flexibility index (Phi) is 3.05. The van der Waals surface area contributed by atoms with Gasteiger partial charge < -0.3 is 4.57 Å². The van der Waals surface area contributed by atoms with Crippen molar-refractivity contribution in [3.8, 4) is 22.8 Å². The third-order valence-corrected chi connectivity index (χ3v) is 3.26. The minimum absolute atomic E-state index is 0.717. The van der Waals surface area contributed by atoms with E-state index in [1.807, 2.05) is 66.2 Å². The predicted octanol–water partition coefficient (Wildman–Crippen LogP) is 3.80. The monoisotopic (exact) mass is 269 g/mol. The predicted molar refractivity (Wildman–Crippen MR) is 76.9 cm³/mol. The molecule has 0 aliphatic carbocycles. The van der Waals surface area contributed by atoms with Crippen LogP contribution in [0.3, 0.4) is 0 Å². The summed E-state index contributed by atoms with van der Waals surface area (Å²) in [6.45, 7) is 0. The molecular formula is C15H12ClN3. The van der Waals surface area contributed by atoms with Gasteiger partial charge in [-0.1, -0.05) is 41.9 Å². The summed E-state index contributed by atoms with van der Waals surface area (Å²) in [5.74, 6) is 1.68. The molecule has 0 saturated carbocycles. The fourth-order valence-electron chi connectivity index (χ4n) is 2.02. The zero-order chi connectivity index (χ0) is 13.2. The first kappa shape index (κ1) is 11.9. The Morgan fingerprint density at radius 3 is 1.89 bits per heavy atom. The lowest BCUT2D eigenvalue weighted by molar-refractivity contribution is 0.930. The van der Waals surface area contributed by atoms with Gasteiger partial charge in [-0.15, -0.1) is 10.2 Å². The number of rotatable bonds is 2. The molecule has 0 saturated heterocycles. The first-order valence-corrected chi connectivity index (χ1v) is 6.34. The molecule has 3 aromatic rings. The van der Waals surface area contributed by atoms with E-state index in [2.05, 4.69) is 10.2 Å². The van der Waals surface area contributed by atoms with Gasteiger partial charge in [-0.25, -0.2) is 0 Å². The van der Waals surface area contributed by atoms with E-state index in [0.717, 1.165) is 22.8 Å². The zero-order valence-corrected chi connectivity index (χ0v) is 11.2. The van der Waals surface area contributed by atoms with Gasteiger partial charge in [0.2, 0.25) is 0 Å². The number of nitrogens with zero attached hydrogens (tertiary/aromatic N) is 3. The maximum atomic E-state index is 5.90. The van der Waals surface area contributed by atoms with Crippen molar-refractivity contribution in [3.05, 3.63) is 59.6 Å². The van der Waals surface area contributed by atoms with Crippen molar-refractivity contribution in [3.63, 3.8) is 0 Å². The van der Waals surface area contributed by atoms with Gasteiger partial charge in [0, 0.05) is 23.2 Å². The normalized spacial score (nSPS) is 10.6. The Morgan fingerprint density at radius 1 is 0.789 bits per heavy atom. The fraction of sp³-hybridized carbons (Fsp3) is 0.0667.